The van der Waals surface area contributed by atoms with Crippen LogP contribution in [0, 0.1) is 6.92 Å². The number of carbonyl (C=O) groups excluding carboxylic acids is 1. The van der Waals surface area contributed by atoms with Gasteiger partial charge in [-0.2, -0.15) is 0 Å². The van der Waals surface area contributed by atoms with Gasteiger partial charge in [-0.05, 0) is 61.4 Å². The number of amides is 1. The number of aromatic nitrogens is 2. The molecule has 0 fully saturated rings. The number of thiazole rings is 2. The predicted octanol–water partition coefficient (Wildman–Crippen LogP) is 5.22. The van der Waals surface area contributed by atoms with Crippen molar-refractivity contribution in [3.63, 3.8) is 0 Å². The summed E-state index contributed by atoms with van der Waals surface area (Å²) in [5, 5.41) is 4.31. The van der Waals surface area contributed by atoms with Gasteiger partial charge in [0.25, 0.3) is 15.9 Å². The summed E-state index contributed by atoms with van der Waals surface area (Å²) < 4.78 is 29.9. The van der Waals surface area contributed by atoms with Crippen molar-refractivity contribution < 1.29 is 13.2 Å². The van der Waals surface area contributed by atoms with Crippen molar-refractivity contribution in [2.75, 3.05) is 16.2 Å². The van der Waals surface area contributed by atoms with E-state index in [0.717, 1.165) is 31.0 Å². The van der Waals surface area contributed by atoms with Crippen LogP contribution in [0.5, 0.6) is 0 Å². The Morgan fingerprint density at radius 3 is 2.44 bits per heavy atom. The Bertz CT molecular complexity index is 1690. The summed E-state index contributed by atoms with van der Waals surface area (Å²) in [6, 6.07) is 17.4. The molecule has 6 rings (SSSR count). The summed E-state index contributed by atoms with van der Waals surface area (Å²) in [4.78, 5) is 22.0. The molecule has 1 aliphatic rings. The SMILES string of the molecule is Cc1nc2ccc3nc(NC(=O)c4ccc(S(=O)(=O)N5CCc6ccccc65)cc4)sc3c2s1. The van der Waals surface area contributed by atoms with E-state index in [1.165, 1.54) is 39.9 Å². The number of anilines is 2. The van der Waals surface area contributed by atoms with E-state index in [0.29, 0.717) is 29.3 Å². The van der Waals surface area contributed by atoms with E-state index in [-0.39, 0.29) is 10.8 Å². The average molecular weight is 507 g/mol. The van der Waals surface area contributed by atoms with Crippen LogP contribution >= 0.6 is 22.7 Å². The topological polar surface area (TPSA) is 92.3 Å². The Hall–Kier alpha value is -3.34. The molecule has 170 valence electrons. The largest absolute Gasteiger partial charge is 0.298 e. The Labute approximate surface area is 203 Å². The fourth-order valence-corrected chi connectivity index (χ4v) is 7.67. The fraction of sp³-hybridized carbons (Fsp3) is 0.125. The lowest BCUT2D eigenvalue weighted by Gasteiger charge is -2.19. The van der Waals surface area contributed by atoms with Crippen LogP contribution in [-0.4, -0.2) is 30.8 Å². The number of nitrogens with zero attached hydrogens (tertiary/aromatic N) is 3. The minimum Gasteiger partial charge on any atom is -0.298 e. The zero-order chi connectivity index (χ0) is 23.4. The van der Waals surface area contributed by atoms with Gasteiger partial charge in [-0.15, -0.1) is 11.3 Å². The third-order valence-electron chi connectivity index (χ3n) is 5.79. The number of para-hydroxylation sites is 1. The Balaban J connectivity index is 1.24. The normalized spacial score (nSPS) is 13.5. The molecule has 5 aromatic rings. The van der Waals surface area contributed by atoms with Crippen LogP contribution in [0.2, 0.25) is 0 Å². The monoisotopic (exact) mass is 506 g/mol. The summed E-state index contributed by atoms with van der Waals surface area (Å²) in [5.74, 6) is -0.341. The summed E-state index contributed by atoms with van der Waals surface area (Å²) in [6.45, 7) is 2.38. The van der Waals surface area contributed by atoms with Gasteiger partial charge in [0, 0.05) is 12.1 Å². The van der Waals surface area contributed by atoms with Crippen LogP contribution in [0.25, 0.3) is 20.4 Å². The Morgan fingerprint density at radius 1 is 0.941 bits per heavy atom. The molecular weight excluding hydrogens is 488 g/mol. The van der Waals surface area contributed by atoms with Gasteiger partial charge in [0.1, 0.15) is 0 Å². The molecule has 1 aliphatic heterocycles. The van der Waals surface area contributed by atoms with Crippen molar-refractivity contribution in [3.05, 3.63) is 76.8 Å². The molecule has 3 aromatic carbocycles. The van der Waals surface area contributed by atoms with Crippen LogP contribution < -0.4 is 9.62 Å². The Morgan fingerprint density at radius 2 is 1.65 bits per heavy atom. The van der Waals surface area contributed by atoms with Crippen molar-refractivity contribution in [1.82, 2.24) is 9.97 Å². The van der Waals surface area contributed by atoms with Crippen LogP contribution in [0.3, 0.4) is 0 Å². The van der Waals surface area contributed by atoms with Gasteiger partial charge in [0.05, 0.1) is 36.0 Å². The highest BCUT2D eigenvalue weighted by Crippen LogP contribution is 2.36. The van der Waals surface area contributed by atoms with Gasteiger partial charge in [-0.1, -0.05) is 29.5 Å². The molecular formula is C24H18N4O3S3. The maximum absolute atomic E-state index is 13.2. The number of aryl methyl sites for hydroxylation is 1. The minimum atomic E-state index is -3.70. The van der Waals surface area contributed by atoms with E-state index in [1.54, 1.807) is 11.3 Å². The van der Waals surface area contributed by atoms with Crippen molar-refractivity contribution in [3.8, 4) is 0 Å². The molecule has 10 heteroatoms. The van der Waals surface area contributed by atoms with Gasteiger partial charge >= 0.3 is 0 Å². The molecule has 1 N–H and O–H groups in total. The number of benzene rings is 3. The van der Waals surface area contributed by atoms with Crippen LogP contribution in [0.15, 0.2) is 65.6 Å². The van der Waals surface area contributed by atoms with Gasteiger partial charge in [-0.3, -0.25) is 14.4 Å². The molecule has 2 aromatic heterocycles. The second-order valence-corrected chi connectivity index (χ2v) is 12.0. The lowest BCUT2D eigenvalue weighted by atomic mass is 10.2. The molecule has 0 aliphatic carbocycles. The van der Waals surface area contributed by atoms with Gasteiger partial charge in [-0.25, -0.2) is 18.4 Å². The molecule has 0 saturated heterocycles. The fourth-order valence-electron chi connectivity index (χ4n) is 4.17. The zero-order valence-corrected chi connectivity index (χ0v) is 20.4. The van der Waals surface area contributed by atoms with Crippen LogP contribution in [0.1, 0.15) is 20.9 Å². The molecule has 0 unspecified atom stereocenters. The molecule has 7 nitrogen and oxygen atoms in total. The van der Waals surface area contributed by atoms with Gasteiger partial charge in [0.15, 0.2) is 5.13 Å². The molecule has 3 heterocycles. The standard InChI is InChI=1S/C24H18N4O3S3/c1-14-25-18-10-11-19-22(21(18)32-14)33-24(26-19)27-23(29)16-6-8-17(9-7-16)34(30,31)28-13-12-15-4-2-3-5-20(15)28/h2-11H,12-13H2,1H3,(H,26,27,29). The average Bonchev–Trinajstić information content (AvgIpc) is 3.54. The highest BCUT2D eigenvalue weighted by Gasteiger charge is 2.30. The summed E-state index contributed by atoms with van der Waals surface area (Å²) in [7, 11) is -3.70. The Kier molecular flexibility index (Phi) is 4.91. The zero-order valence-electron chi connectivity index (χ0n) is 18.0. The summed E-state index contributed by atoms with van der Waals surface area (Å²) in [6.07, 6.45) is 0.686. The van der Waals surface area contributed by atoms with Crippen molar-refractivity contribution >= 4 is 69.9 Å². The molecule has 34 heavy (non-hydrogen) atoms. The number of hydrogen-bond acceptors (Lipinski definition) is 7. The number of carbonyl (C=O) groups is 1. The van der Waals surface area contributed by atoms with E-state index < -0.39 is 10.0 Å². The molecule has 0 bridgehead atoms. The molecule has 0 radical (unpaired) electrons. The molecule has 0 saturated carbocycles. The first kappa shape index (κ1) is 21.2. The first-order valence-corrected chi connectivity index (χ1v) is 13.7. The van der Waals surface area contributed by atoms with Crippen molar-refractivity contribution in [1.29, 1.82) is 0 Å². The van der Waals surface area contributed by atoms with Gasteiger partial charge < -0.3 is 0 Å². The first-order chi connectivity index (χ1) is 16.4. The first-order valence-electron chi connectivity index (χ1n) is 10.6. The van der Waals surface area contributed by atoms with E-state index in [4.69, 9.17) is 0 Å². The molecule has 0 spiro atoms. The van der Waals surface area contributed by atoms with Crippen LogP contribution in [0.4, 0.5) is 10.8 Å². The lowest BCUT2D eigenvalue weighted by Crippen LogP contribution is -2.29. The lowest BCUT2D eigenvalue weighted by molar-refractivity contribution is 0.102. The molecule has 0 atom stereocenters. The smallest absolute Gasteiger partial charge is 0.264 e. The van der Waals surface area contributed by atoms with Crippen LogP contribution in [-0.2, 0) is 16.4 Å². The van der Waals surface area contributed by atoms with Crippen molar-refractivity contribution in [2.45, 2.75) is 18.2 Å². The van der Waals surface area contributed by atoms with E-state index in [9.17, 15) is 13.2 Å². The van der Waals surface area contributed by atoms with E-state index in [1.807, 2.05) is 43.3 Å². The van der Waals surface area contributed by atoms with Crippen molar-refractivity contribution in [2.24, 2.45) is 0 Å². The quantitative estimate of drug-likeness (QED) is 0.361. The predicted molar refractivity (Wildman–Crippen MR) is 137 cm³/mol. The third kappa shape index (κ3) is 3.46. The second-order valence-electron chi connectivity index (χ2n) is 7.95. The number of rotatable bonds is 4. The maximum Gasteiger partial charge on any atom is 0.264 e. The van der Waals surface area contributed by atoms with E-state index in [2.05, 4.69) is 15.3 Å². The highest BCUT2D eigenvalue weighted by molar-refractivity contribution is 7.92. The minimum absolute atomic E-state index is 0.156. The number of fused-ring (bicyclic) bond motifs is 4. The number of hydrogen-bond donors (Lipinski definition) is 1. The highest BCUT2D eigenvalue weighted by atomic mass is 32.2. The maximum atomic E-state index is 13.2. The number of nitrogens with one attached hydrogen (secondary N) is 1. The summed E-state index contributed by atoms with van der Waals surface area (Å²) >= 11 is 3.01. The second kappa shape index (κ2) is 7.86. The van der Waals surface area contributed by atoms with Gasteiger partial charge in [0.2, 0.25) is 0 Å². The molecule has 1 amide bonds. The number of sulfonamides is 1. The van der Waals surface area contributed by atoms with E-state index >= 15 is 0 Å². The summed E-state index contributed by atoms with van der Waals surface area (Å²) in [5.41, 5.74) is 3.82. The third-order valence-corrected chi connectivity index (χ3v) is 9.75.